The summed E-state index contributed by atoms with van der Waals surface area (Å²) in [5.74, 6) is -1.46. The summed E-state index contributed by atoms with van der Waals surface area (Å²) in [6.45, 7) is 1.45. The molecule has 1 aromatic heterocycles. The molecule has 3 rings (SSSR count). The van der Waals surface area contributed by atoms with E-state index in [4.69, 9.17) is 9.47 Å². The zero-order valence-corrected chi connectivity index (χ0v) is 12.4. The Kier molecular flexibility index (Phi) is 3.07. The number of ether oxygens (including phenoxy) is 2. The summed E-state index contributed by atoms with van der Waals surface area (Å²) in [6, 6.07) is 9.09. The summed E-state index contributed by atoms with van der Waals surface area (Å²) >= 11 is 0. The Morgan fingerprint density at radius 1 is 1.14 bits per heavy atom. The number of esters is 2. The predicted molar refractivity (Wildman–Crippen MR) is 78.8 cm³/mol. The first-order valence-electron chi connectivity index (χ1n) is 6.68. The van der Waals surface area contributed by atoms with Gasteiger partial charge >= 0.3 is 11.9 Å². The molecule has 1 aromatic carbocycles. The third-order valence-electron chi connectivity index (χ3n) is 3.90. The van der Waals surface area contributed by atoms with Gasteiger partial charge in [0.05, 0.1) is 31.0 Å². The molecular weight excluding hydrogens is 286 g/mol. The number of hydrogen-bond donors (Lipinski definition) is 1. The van der Waals surface area contributed by atoms with Gasteiger partial charge in [-0.3, -0.25) is 0 Å². The van der Waals surface area contributed by atoms with Crippen molar-refractivity contribution in [1.82, 2.24) is 4.57 Å². The number of aliphatic hydroxyl groups is 1. The monoisotopic (exact) mass is 301 g/mol. The van der Waals surface area contributed by atoms with Gasteiger partial charge in [-0.2, -0.15) is 0 Å². The molecule has 6 nitrogen and oxygen atoms in total. The molecule has 1 N–H and O–H groups in total. The number of methoxy groups -OCH3 is 2. The molecule has 0 fully saturated rings. The second-order valence-corrected chi connectivity index (χ2v) is 5.18. The van der Waals surface area contributed by atoms with E-state index in [0.717, 1.165) is 5.39 Å². The molecule has 0 saturated carbocycles. The van der Waals surface area contributed by atoms with Crippen LogP contribution in [0.5, 0.6) is 0 Å². The Bertz CT molecular complexity index is 828. The molecule has 0 radical (unpaired) electrons. The highest BCUT2D eigenvalue weighted by Crippen LogP contribution is 2.44. The van der Waals surface area contributed by atoms with Gasteiger partial charge in [-0.1, -0.05) is 18.2 Å². The minimum absolute atomic E-state index is 0.0237. The lowest BCUT2D eigenvalue weighted by atomic mass is 10.0. The van der Waals surface area contributed by atoms with Crippen molar-refractivity contribution in [2.24, 2.45) is 0 Å². The maximum atomic E-state index is 12.2. The van der Waals surface area contributed by atoms with Crippen LogP contribution in [0.1, 0.15) is 12.6 Å². The van der Waals surface area contributed by atoms with Crippen LogP contribution < -0.4 is 0 Å². The van der Waals surface area contributed by atoms with E-state index in [-0.39, 0.29) is 11.1 Å². The summed E-state index contributed by atoms with van der Waals surface area (Å²) in [6.07, 6.45) is 0. The second-order valence-electron chi connectivity index (χ2n) is 5.18. The van der Waals surface area contributed by atoms with Gasteiger partial charge in [-0.15, -0.1) is 0 Å². The Morgan fingerprint density at radius 3 is 2.41 bits per heavy atom. The fraction of sp³-hybridized carbons (Fsp3) is 0.250. The molecule has 22 heavy (non-hydrogen) atoms. The fourth-order valence-electron chi connectivity index (χ4n) is 2.99. The van der Waals surface area contributed by atoms with Crippen molar-refractivity contribution in [2.75, 3.05) is 14.2 Å². The fourth-order valence-corrected chi connectivity index (χ4v) is 2.99. The highest BCUT2D eigenvalue weighted by Gasteiger charge is 2.47. The normalized spacial score (nSPS) is 20.2. The molecule has 6 heteroatoms. The first-order chi connectivity index (χ1) is 10.4. The van der Waals surface area contributed by atoms with Gasteiger partial charge in [0.15, 0.2) is 5.72 Å². The molecule has 0 amide bonds. The summed E-state index contributed by atoms with van der Waals surface area (Å²) in [5.41, 5.74) is -0.658. The number of para-hydroxylation sites is 1. The van der Waals surface area contributed by atoms with Crippen LogP contribution in [0.2, 0.25) is 0 Å². The zero-order valence-electron chi connectivity index (χ0n) is 12.4. The van der Waals surface area contributed by atoms with E-state index in [1.165, 1.54) is 21.1 Å². The van der Waals surface area contributed by atoms with Crippen LogP contribution in [0.4, 0.5) is 0 Å². The second kappa shape index (κ2) is 4.71. The molecule has 1 aliphatic heterocycles. The van der Waals surface area contributed by atoms with E-state index in [1.54, 1.807) is 10.6 Å². The SMILES string of the molecule is COC(=O)C1=C(C(=O)OC)C(C)(O)n2c1cc1ccccc12. The van der Waals surface area contributed by atoms with Gasteiger partial charge in [0.1, 0.15) is 5.57 Å². The van der Waals surface area contributed by atoms with Crippen molar-refractivity contribution < 1.29 is 24.2 Å². The summed E-state index contributed by atoms with van der Waals surface area (Å²) in [5, 5.41) is 11.8. The van der Waals surface area contributed by atoms with E-state index in [9.17, 15) is 14.7 Å². The van der Waals surface area contributed by atoms with Crippen LogP contribution in [0.3, 0.4) is 0 Å². The smallest absolute Gasteiger partial charge is 0.340 e. The van der Waals surface area contributed by atoms with Crippen LogP contribution >= 0.6 is 0 Å². The third-order valence-corrected chi connectivity index (χ3v) is 3.90. The van der Waals surface area contributed by atoms with Crippen molar-refractivity contribution in [3.8, 4) is 0 Å². The van der Waals surface area contributed by atoms with Crippen LogP contribution in [0, 0.1) is 0 Å². The zero-order chi connectivity index (χ0) is 16.1. The lowest BCUT2D eigenvalue weighted by Gasteiger charge is -2.24. The van der Waals surface area contributed by atoms with Crippen molar-refractivity contribution >= 4 is 28.4 Å². The number of aromatic nitrogens is 1. The maximum Gasteiger partial charge on any atom is 0.340 e. The highest BCUT2D eigenvalue weighted by molar-refractivity contribution is 6.25. The predicted octanol–water partition coefficient (Wildman–Crippen LogP) is 1.42. The summed E-state index contributed by atoms with van der Waals surface area (Å²) < 4.78 is 11.0. The number of carbonyl (C=O) groups is 2. The minimum atomic E-state index is -1.70. The van der Waals surface area contributed by atoms with Crippen molar-refractivity contribution in [2.45, 2.75) is 12.6 Å². The van der Waals surface area contributed by atoms with Gasteiger partial charge in [0.25, 0.3) is 0 Å². The van der Waals surface area contributed by atoms with Gasteiger partial charge in [0, 0.05) is 5.39 Å². The summed E-state index contributed by atoms with van der Waals surface area (Å²) in [4.78, 5) is 24.3. The number of rotatable bonds is 2. The van der Waals surface area contributed by atoms with E-state index < -0.39 is 17.7 Å². The largest absolute Gasteiger partial charge is 0.466 e. The van der Waals surface area contributed by atoms with Gasteiger partial charge in [-0.25, -0.2) is 9.59 Å². The van der Waals surface area contributed by atoms with Crippen LogP contribution in [0.25, 0.3) is 16.5 Å². The highest BCUT2D eigenvalue weighted by atomic mass is 16.5. The maximum absolute atomic E-state index is 12.2. The Morgan fingerprint density at radius 2 is 1.77 bits per heavy atom. The molecule has 1 unspecified atom stereocenters. The molecule has 2 aromatic rings. The third kappa shape index (κ3) is 1.70. The van der Waals surface area contributed by atoms with E-state index in [1.807, 2.05) is 24.3 Å². The molecule has 1 aliphatic rings. The minimum Gasteiger partial charge on any atom is -0.466 e. The summed E-state index contributed by atoms with van der Waals surface area (Å²) in [7, 11) is 2.43. The first-order valence-corrected chi connectivity index (χ1v) is 6.68. The molecule has 114 valence electrons. The van der Waals surface area contributed by atoms with Crippen LogP contribution in [0.15, 0.2) is 35.9 Å². The molecule has 0 spiro atoms. The quantitative estimate of drug-likeness (QED) is 0.849. The van der Waals surface area contributed by atoms with Crippen LogP contribution in [-0.2, 0) is 24.8 Å². The van der Waals surface area contributed by atoms with Gasteiger partial charge in [-0.05, 0) is 19.1 Å². The molecule has 2 heterocycles. The number of benzene rings is 1. The topological polar surface area (TPSA) is 77.8 Å². The van der Waals surface area contributed by atoms with E-state index in [2.05, 4.69) is 0 Å². The molecule has 0 aliphatic carbocycles. The first kappa shape index (κ1) is 14.3. The number of carbonyl (C=O) groups excluding carboxylic acids is 2. The van der Waals surface area contributed by atoms with E-state index >= 15 is 0 Å². The standard InChI is InChI=1S/C16H15NO5/c1-16(20)13(15(19)22-3)12(14(18)21-2)11-8-9-6-4-5-7-10(9)17(11)16/h4-8,20H,1-3H3. The van der Waals surface area contributed by atoms with Crippen molar-refractivity contribution in [3.05, 3.63) is 41.6 Å². The van der Waals surface area contributed by atoms with Crippen molar-refractivity contribution in [3.63, 3.8) is 0 Å². The van der Waals surface area contributed by atoms with Gasteiger partial charge < -0.3 is 19.1 Å². The van der Waals surface area contributed by atoms with Crippen LogP contribution in [-0.4, -0.2) is 35.8 Å². The lowest BCUT2D eigenvalue weighted by molar-refractivity contribution is -0.140. The molecule has 0 bridgehead atoms. The van der Waals surface area contributed by atoms with E-state index in [0.29, 0.717) is 11.2 Å². The molecule has 1 atom stereocenters. The molecule has 0 saturated heterocycles. The number of nitrogens with zero attached hydrogens (tertiary/aromatic N) is 1. The lowest BCUT2D eigenvalue weighted by Crippen LogP contribution is -2.33. The molecular formula is C16H15NO5. The average Bonchev–Trinajstić information content (AvgIpc) is 2.99. The van der Waals surface area contributed by atoms with Crippen molar-refractivity contribution in [1.29, 1.82) is 0 Å². The Labute approximate surface area is 126 Å². The Hall–Kier alpha value is -2.60. The Balaban J connectivity index is 2.40. The number of fused-ring (bicyclic) bond motifs is 3. The number of hydrogen-bond acceptors (Lipinski definition) is 5. The van der Waals surface area contributed by atoms with Gasteiger partial charge in [0.2, 0.25) is 0 Å². The average molecular weight is 301 g/mol.